The molecule has 0 saturated carbocycles. The first kappa shape index (κ1) is 23.4. The van der Waals surface area contributed by atoms with E-state index in [-0.39, 0.29) is 30.2 Å². The molecule has 1 aliphatic rings. The van der Waals surface area contributed by atoms with E-state index in [0.29, 0.717) is 46.3 Å². The van der Waals surface area contributed by atoms with E-state index < -0.39 is 0 Å². The van der Waals surface area contributed by atoms with Crippen molar-refractivity contribution in [2.45, 2.75) is 20.3 Å². The fourth-order valence-electron chi connectivity index (χ4n) is 2.99. The van der Waals surface area contributed by atoms with Crippen LogP contribution in [0.3, 0.4) is 0 Å². The second-order valence-corrected chi connectivity index (χ2v) is 9.06. The van der Waals surface area contributed by atoms with Crippen LogP contribution in [0.1, 0.15) is 25.8 Å². The van der Waals surface area contributed by atoms with Crippen LogP contribution in [0.4, 0.5) is 5.82 Å². The van der Waals surface area contributed by atoms with E-state index in [9.17, 15) is 9.59 Å². The maximum Gasteiger partial charge on any atom is 0.267 e. The van der Waals surface area contributed by atoms with Gasteiger partial charge in [0.15, 0.2) is 0 Å². The molecule has 2 N–H and O–H groups in total. The van der Waals surface area contributed by atoms with Crippen LogP contribution in [-0.2, 0) is 9.53 Å². The molecule has 3 heterocycles. The molecule has 166 valence electrons. The molecule has 1 amide bonds. The second kappa shape index (κ2) is 10.9. The van der Waals surface area contributed by atoms with Gasteiger partial charge in [0.25, 0.3) is 11.5 Å². The number of hydrogen-bond donors (Lipinski definition) is 2. The van der Waals surface area contributed by atoms with Gasteiger partial charge in [-0.15, -0.1) is 0 Å². The minimum Gasteiger partial charge on any atom is -0.394 e. The highest BCUT2D eigenvalue weighted by Gasteiger charge is 2.32. The largest absolute Gasteiger partial charge is 0.394 e. The number of aromatic nitrogens is 2. The van der Waals surface area contributed by atoms with E-state index in [0.717, 1.165) is 6.42 Å². The fraction of sp³-hybridized carbons (Fsp3) is 0.429. The zero-order valence-corrected chi connectivity index (χ0v) is 19.2. The topological polar surface area (TPSA) is 96.2 Å². The molecular weight excluding hydrogens is 436 g/mol. The van der Waals surface area contributed by atoms with Crippen LogP contribution >= 0.6 is 24.0 Å². The number of amides is 1. The normalized spacial score (nSPS) is 15.6. The molecule has 3 rings (SSSR count). The molecule has 31 heavy (non-hydrogen) atoms. The summed E-state index contributed by atoms with van der Waals surface area (Å²) >= 11 is 6.59. The van der Waals surface area contributed by atoms with E-state index in [4.69, 9.17) is 22.1 Å². The van der Waals surface area contributed by atoms with Gasteiger partial charge in [-0.2, -0.15) is 0 Å². The number of pyridine rings is 1. The first-order valence-electron chi connectivity index (χ1n) is 10.1. The zero-order valence-electron chi connectivity index (χ0n) is 17.5. The third kappa shape index (κ3) is 5.70. The molecule has 2 aromatic rings. The van der Waals surface area contributed by atoms with E-state index >= 15 is 0 Å². The molecule has 0 radical (unpaired) electrons. The number of ether oxygens (including phenoxy) is 1. The van der Waals surface area contributed by atoms with Crippen molar-refractivity contribution in [1.29, 1.82) is 0 Å². The van der Waals surface area contributed by atoms with Crippen LogP contribution in [0.2, 0.25) is 0 Å². The Balaban J connectivity index is 1.93. The molecule has 0 bridgehead atoms. The van der Waals surface area contributed by atoms with Gasteiger partial charge in [-0.1, -0.05) is 43.9 Å². The number of aliphatic hydroxyl groups excluding tert-OH is 1. The Hall–Kier alpha value is -2.27. The van der Waals surface area contributed by atoms with E-state index in [1.807, 2.05) is 0 Å². The number of thioether (sulfide) groups is 1. The Morgan fingerprint density at radius 1 is 1.32 bits per heavy atom. The smallest absolute Gasteiger partial charge is 0.267 e. The number of nitrogens with zero attached hydrogens (tertiary/aromatic N) is 3. The molecule has 1 aliphatic heterocycles. The van der Waals surface area contributed by atoms with Gasteiger partial charge in [0.2, 0.25) is 0 Å². The standard InChI is InChI=1S/C21H26N4O4S2/c1-14(2)6-9-25-20(28)16(31-21(25)30)13-15-18(22-7-11-29-12-10-26)23-17-5-3-4-8-24(17)19(15)27/h3-5,8,13-14,22,26H,6-7,9-12H2,1-2H3. The number of nitrogens with one attached hydrogen (secondary N) is 1. The minimum atomic E-state index is -0.281. The lowest BCUT2D eigenvalue weighted by molar-refractivity contribution is -0.122. The molecule has 0 aromatic carbocycles. The molecule has 10 heteroatoms. The number of carbonyl (C=O) groups excluding carboxylic acids is 1. The molecule has 0 unspecified atom stereocenters. The van der Waals surface area contributed by atoms with E-state index in [1.54, 1.807) is 35.4 Å². The maximum atomic E-state index is 13.2. The van der Waals surface area contributed by atoms with Gasteiger partial charge in [-0.25, -0.2) is 4.98 Å². The summed E-state index contributed by atoms with van der Waals surface area (Å²) in [7, 11) is 0. The monoisotopic (exact) mass is 462 g/mol. The number of aliphatic hydroxyl groups is 1. The SMILES string of the molecule is CC(C)CCN1C(=O)C(=Cc2c(NCCOCCO)nc3ccccn3c2=O)SC1=S. The van der Waals surface area contributed by atoms with Crippen LogP contribution in [0, 0.1) is 5.92 Å². The molecule has 1 fully saturated rings. The summed E-state index contributed by atoms with van der Waals surface area (Å²) in [6.07, 6.45) is 4.06. The Kier molecular flexibility index (Phi) is 8.19. The number of hydrogen-bond acceptors (Lipinski definition) is 8. The van der Waals surface area contributed by atoms with Crippen molar-refractivity contribution in [3.05, 3.63) is 45.2 Å². The molecule has 0 atom stereocenters. The molecule has 0 aliphatic carbocycles. The van der Waals surface area contributed by atoms with Crippen LogP contribution in [0.5, 0.6) is 0 Å². The lowest BCUT2D eigenvalue weighted by Crippen LogP contribution is -2.29. The lowest BCUT2D eigenvalue weighted by Gasteiger charge is -2.15. The van der Waals surface area contributed by atoms with Gasteiger partial charge in [0.1, 0.15) is 15.8 Å². The number of thiocarbonyl (C=S) groups is 1. The van der Waals surface area contributed by atoms with Crippen molar-refractivity contribution >= 4 is 51.7 Å². The number of fused-ring (bicyclic) bond motifs is 1. The summed E-state index contributed by atoms with van der Waals surface area (Å²) in [4.78, 5) is 32.6. The third-order valence-electron chi connectivity index (χ3n) is 4.62. The van der Waals surface area contributed by atoms with Crippen molar-refractivity contribution in [3.63, 3.8) is 0 Å². The highest BCUT2D eigenvalue weighted by atomic mass is 32.2. The van der Waals surface area contributed by atoms with Gasteiger partial charge in [-0.3, -0.25) is 18.9 Å². The van der Waals surface area contributed by atoms with Gasteiger partial charge < -0.3 is 15.2 Å². The van der Waals surface area contributed by atoms with Crippen LogP contribution < -0.4 is 10.9 Å². The second-order valence-electron chi connectivity index (χ2n) is 7.39. The number of anilines is 1. The summed E-state index contributed by atoms with van der Waals surface area (Å²) in [5.41, 5.74) is 0.500. The fourth-order valence-corrected chi connectivity index (χ4v) is 4.28. The zero-order chi connectivity index (χ0) is 22.4. The molecule has 8 nitrogen and oxygen atoms in total. The predicted octanol–water partition coefficient (Wildman–Crippen LogP) is 2.36. The Morgan fingerprint density at radius 3 is 2.87 bits per heavy atom. The summed E-state index contributed by atoms with van der Waals surface area (Å²) in [6, 6.07) is 5.29. The Morgan fingerprint density at radius 2 is 2.13 bits per heavy atom. The maximum absolute atomic E-state index is 13.2. The average molecular weight is 463 g/mol. The predicted molar refractivity (Wildman–Crippen MR) is 127 cm³/mol. The van der Waals surface area contributed by atoms with Gasteiger partial charge in [0.05, 0.1) is 30.3 Å². The Bertz CT molecular complexity index is 1050. The Labute approximate surface area is 190 Å². The molecule has 1 saturated heterocycles. The molecule has 2 aromatic heterocycles. The van der Waals surface area contributed by atoms with Gasteiger partial charge in [0, 0.05) is 19.3 Å². The van der Waals surface area contributed by atoms with Crippen molar-refractivity contribution in [2.24, 2.45) is 5.92 Å². The number of carbonyl (C=O) groups is 1. The van der Waals surface area contributed by atoms with Crippen LogP contribution in [0.15, 0.2) is 34.1 Å². The first-order chi connectivity index (χ1) is 14.9. The summed E-state index contributed by atoms with van der Waals surface area (Å²) in [6.45, 7) is 5.66. The summed E-state index contributed by atoms with van der Waals surface area (Å²) < 4.78 is 7.21. The van der Waals surface area contributed by atoms with Gasteiger partial charge in [-0.05, 0) is 30.5 Å². The molecular formula is C21H26N4O4S2. The summed E-state index contributed by atoms with van der Waals surface area (Å²) in [5, 5.41) is 11.9. The minimum absolute atomic E-state index is 0.0561. The highest BCUT2D eigenvalue weighted by molar-refractivity contribution is 8.26. The number of rotatable bonds is 10. The van der Waals surface area contributed by atoms with Gasteiger partial charge >= 0.3 is 0 Å². The first-order valence-corrected chi connectivity index (χ1v) is 11.3. The highest BCUT2D eigenvalue weighted by Crippen LogP contribution is 2.33. The van der Waals surface area contributed by atoms with Crippen LogP contribution in [-0.4, -0.2) is 62.5 Å². The van der Waals surface area contributed by atoms with Crippen molar-refractivity contribution in [1.82, 2.24) is 14.3 Å². The van der Waals surface area contributed by atoms with Crippen molar-refractivity contribution in [3.8, 4) is 0 Å². The van der Waals surface area contributed by atoms with Crippen molar-refractivity contribution in [2.75, 3.05) is 38.2 Å². The summed E-state index contributed by atoms with van der Waals surface area (Å²) in [5.74, 6) is 0.633. The van der Waals surface area contributed by atoms with E-state index in [1.165, 1.54) is 16.2 Å². The quantitative estimate of drug-likeness (QED) is 0.316. The third-order valence-corrected chi connectivity index (χ3v) is 6.00. The molecule has 0 spiro atoms. The lowest BCUT2D eigenvalue weighted by atomic mass is 10.1. The average Bonchev–Trinajstić information content (AvgIpc) is 3.01. The van der Waals surface area contributed by atoms with Crippen LogP contribution in [0.25, 0.3) is 11.7 Å². The van der Waals surface area contributed by atoms with E-state index in [2.05, 4.69) is 24.1 Å². The van der Waals surface area contributed by atoms with Crippen molar-refractivity contribution < 1.29 is 14.6 Å².